The van der Waals surface area contributed by atoms with Gasteiger partial charge in [-0.25, -0.2) is 9.97 Å². The molecule has 0 aliphatic heterocycles. The molecule has 0 bridgehead atoms. The van der Waals surface area contributed by atoms with Gasteiger partial charge in [-0.05, 0) is 42.5 Å². The number of aliphatic hydroxyl groups is 1. The second-order valence-corrected chi connectivity index (χ2v) is 7.16. The second-order valence-electron chi connectivity index (χ2n) is 6.76. The SMILES string of the molecule is OCCn1ccc2ncnc(Nc3ccc(Oc4cccc5[nH]ccc45)c(Cl)c3)c21. The Morgan fingerprint density at radius 3 is 2.90 bits per heavy atom. The van der Waals surface area contributed by atoms with Crippen LogP contribution in [0.4, 0.5) is 11.5 Å². The molecule has 0 unspecified atom stereocenters. The summed E-state index contributed by atoms with van der Waals surface area (Å²) in [5.41, 5.74) is 3.39. The maximum Gasteiger partial charge on any atom is 0.158 e. The first-order valence-corrected chi connectivity index (χ1v) is 9.82. The lowest BCUT2D eigenvalue weighted by Crippen LogP contribution is -2.04. The Morgan fingerprint density at radius 2 is 2.03 bits per heavy atom. The molecule has 5 rings (SSSR count). The van der Waals surface area contributed by atoms with Crippen LogP contribution in [0.15, 0.2) is 67.3 Å². The summed E-state index contributed by atoms with van der Waals surface area (Å²) < 4.78 is 7.97. The fourth-order valence-electron chi connectivity index (χ4n) is 3.48. The van der Waals surface area contributed by atoms with Crippen molar-refractivity contribution in [1.29, 1.82) is 0 Å². The van der Waals surface area contributed by atoms with E-state index in [-0.39, 0.29) is 6.61 Å². The number of nitrogens with zero attached hydrogens (tertiary/aromatic N) is 3. The molecule has 30 heavy (non-hydrogen) atoms. The number of rotatable bonds is 6. The van der Waals surface area contributed by atoms with E-state index < -0.39 is 0 Å². The largest absolute Gasteiger partial charge is 0.455 e. The molecule has 0 spiro atoms. The minimum Gasteiger partial charge on any atom is -0.455 e. The molecule has 8 heteroatoms. The molecule has 150 valence electrons. The number of benzene rings is 2. The van der Waals surface area contributed by atoms with Crippen LogP contribution in [0.3, 0.4) is 0 Å². The van der Waals surface area contributed by atoms with Gasteiger partial charge in [0.2, 0.25) is 0 Å². The van der Waals surface area contributed by atoms with E-state index >= 15 is 0 Å². The van der Waals surface area contributed by atoms with E-state index in [2.05, 4.69) is 20.3 Å². The molecule has 3 N–H and O–H groups in total. The van der Waals surface area contributed by atoms with Gasteiger partial charge in [-0.1, -0.05) is 17.7 Å². The lowest BCUT2D eigenvalue weighted by molar-refractivity contribution is 0.278. The first-order chi connectivity index (χ1) is 14.7. The van der Waals surface area contributed by atoms with Gasteiger partial charge >= 0.3 is 0 Å². The van der Waals surface area contributed by atoms with Crippen molar-refractivity contribution in [3.63, 3.8) is 0 Å². The van der Waals surface area contributed by atoms with Gasteiger partial charge in [0.05, 0.1) is 17.1 Å². The van der Waals surface area contributed by atoms with E-state index in [0.29, 0.717) is 23.1 Å². The van der Waals surface area contributed by atoms with Gasteiger partial charge in [-0.2, -0.15) is 0 Å². The predicted octanol–water partition coefficient (Wildman–Crippen LogP) is 5.09. The van der Waals surface area contributed by atoms with Gasteiger partial charge in [-0.3, -0.25) is 0 Å². The van der Waals surface area contributed by atoms with Gasteiger partial charge in [0.15, 0.2) is 5.82 Å². The number of hydrogen-bond acceptors (Lipinski definition) is 5. The van der Waals surface area contributed by atoms with Crippen LogP contribution in [0.1, 0.15) is 0 Å². The highest BCUT2D eigenvalue weighted by Crippen LogP contribution is 2.35. The number of fused-ring (bicyclic) bond motifs is 2. The highest BCUT2D eigenvalue weighted by molar-refractivity contribution is 6.32. The molecule has 3 heterocycles. The lowest BCUT2D eigenvalue weighted by atomic mass is 10.2. The summed E-state index contributed by atoms with van der Waals surface area (Å²) in [4.78, 5) is 11.8. The molecule has 0 saturated heterocycles. The van der Waals surface area contributed by atoms with Crippen LogP contribution in [0.5, 0.6) is 11.5 Å². The number of hydrogen-bond donors (Lipinski definition) is 3. The Kier molecular flexibility index (Phi) is 4.74. The summed E-state index contributed by atoms with van der Waals surface area (Å²) in [6.45, 7) is 0.494. The van der Waals surface area contributed by atoms with Crippen molar-refractivity contribution in [2.24, 2.45) is 0 Å². The van der Waals surface area contributed by atoms with Crippen molar-refractivity contribution < 1.29 is 9.84 Å². The third kappa shape index (κ3) is 3.34. The zero-order valence-electron chi connectivity index (χ0n) is 15.8. The number of aliphatic hydroxyl groups excluding tert-OH is 1. The van der Waals surface area contributed by atoms with Crippen LogP contribution in [-0.2, 0) is 6.54 Å². The number of ether oxygens (including phenoxy) is 1. The molecular weight excluding hydrogens is 402 g/mol. The first kappa shape index (κ1) is 18.5. The van der Waals surface area contributed by atoms with Gasteiger partial charge in [-0.15, -0.1) is 0 Å². The molecule has 0 atom stereocenters. The molecule has 3 aromatic heterocycles. The van der Waals surface area contributed by atoms with E-state index in [1.165, 1.54) is 6.33 Å². The van der Waals surface area contributed by atoms with Crippen LogP contribution in [-0.4, -0.2) is 31.2 Å². The summed E-state index contributed by atoms with van der Waals surface area (Å²) in [7, 11) is 0. The molecule has 0 aliphatic rings. The normalized spacial score (nSPS) is 11.3. The Bertz CT molecular complexity index is 1340. The predicted molar refractivity (Wildman–Crippen MR) is 118 cm³/mol. The fraction of sp³-hybridized carbons (Fsp3) is 0.0909. The second kappa shape index (κ2) is 7.70. The highest BCUT2D eigenvalue weighted by Gasteiger charge is 2.12. The molecule has 0 amide bonds. The molecular formula is C22H18ClN5O2. The maximum atomic E-state index is 9.30. The maximum absolute atomic E-state index is 9.30. The third-order valence-electron chi connectivity index (χ3n) is 4.86. The Balaban J connectivity index is 1.44. The molecule has 0 fully saturated rings. The van der Waals surface area contributed by atoms with Gasteiger partial charge in [0.25, 0.3) is 0 Å². The van der Waals surface area contributed by atoms with E-state index in [9.17, 15) is 5.11 Å². The zero-order chi connectivity index (χ0) is 20.5. The number of nitrogens with one attached hydrogen (secondary N) is 2. The van der Waals surface area contributed by atoms with E-state index in [0.717, 1.165) is 33.4 Å². The van der Waals surface area contributed by atoms with E-state index in [1.54, 1.807) is 6.07 Å². The molecule has 0 radical (unpaired) electrons. The van der Waals surface area contributed by atoms with Crippen molar-refractivity contribution in [3.05, 3.63) is 72.3 Å². The van der Waals surface area contributed by atoms with E-state index in [1.807, 2.05) is 59.4 Å². The summed E-state index contributed by atoms with van der Waals surface area (Å²) >= 11 is 6.50. The first-order valence-electron chi connectivity index (χ1n) is 9.44. The Hall–Kier alpha value is -3.55. The van der Waals surface area contributed by atoms with Gasteiger partial charge in [0.1, 0.15) is 23.3 Å². The summed E-state index contributed by atoms with van der Waals surface area (Å²) in [5, 5.41) is 14.1. The summed E-state index contributed by atoms with van der Waals surface area (Å²) in [5.74, 6) is 1.93. The molecule has 5 aromatic rings. The average Bonchev–Trinajstić information content (AvgIpc) is 3.39. The van der Waals surface area contributed by atoms with Crippen molar-refractivity contribution >= 4 is 45.0 Å². The Labute approximate surface area is 176 Å². The van der Waals surface area contributed by atoms with E-state index in [4.69, 9.17) is 16.3 Å². The highest BCUT2D eigenvalue weighted by atomic mass is 35.5. The number of aromatic nitrogens is 4. The number of H-pyrrole nitrogens is 1. The minimum absolute atomic E-state index is 0.0316. The molecule has 7 nitrogen and oxygen atoms in total. The zero-order valence-corrected chi connectivity index (χ0v) is 16.6. The quantitative estimate of drug-likeness (QED) is 0.356. The third-order valence-corrected chi connectivity index (χ3v) is 5.16. The van der Waals surface area contributed by atoms with Gasteiger partial charge in [0, 0.05) is 35.5 Å². The lowest BCUT2D eigenvalue weighted by Gasteiger charge is -2.12. The minimum atomic E-state index is 0.0316. The summed E-state index contributed by atoms with van der Waals surface area (Å²) in [6.07, 6.45) is 5.26. The summed E-state index contributed by atoms with van der Waals surface area (Å²) in [6, 6.07) is 15.2. The fourth-order valence-corrected chi connectivity index (χ4v) is 3.70. The van der Waals surface area contributed by atoms with Crippen molar-refractivity contribution in [2.75, 3.05) is 11.9 Å². The molecule has 2 aromatic carbocycles. The van der Waals surface area contributed by atoms with Crippen LogP contribution in [0, 0.1) is 0 Å². The molecule has 0 aliphatic carbocycles. The van der Waals surface area contributed by atoms with Crippen LogP contribution >= 0.6 is 11.6 Å². The van der Waals surface area contributed by atoms with Crippen LogP contribution in [0.2, 0.25) is 5.02 Å². The number of aromatic amines is 1. The van der Waals surface area contributed by atoms with Crippen LogP contribution in [0.25, 0.3) is 21.9 Å². The number of halogens is 1. The van der Waals surface area contributed by atoms with Crippen LogP contribution < -0.4 is 10.1 Å². The van der Waals surface area contributed by atoms with Gasteiger partial charge < -0.3 is 24.7 Å². The Morgan fingerprint density at radius 1 is 1.10 bits per heavy atom. The van der Waals surface area contributed by atoms with Crippen molar-refractivity contribution in [2.45, 2.75) is 6.54 Å². The van der Waals surface area contributed by atoms with Crippen molar-refractivity contribution in [1.82, 2.24) is 19.5 Å². The molecule has 0 saturated carbocycles. The topological polar surface area (TPSA) is 88.0 Å². The smallest absolute Gasteiger partial charge is 0.158 e. The van der Waals surface area contributed by atoms with Crippen molar-refractivity contribution in [3.8, 4) is 11.5 Å². The average molecular weight is 420 g/mol. The monoisotopic (exact) mass is 419 g/mol. The number of anilines is 2. The standard InChI is InChI=1S/C22H18ClN5O2/c23-16-12-14(27-22-21-18(25-13-26-22)7-9-28(21)10-11-29)4-5-20(16)30-19-3-1-2-17-15(19)6-8-24-17/h1-9,12-13,24,29H,10-11H2,(H,25,26,27).